The molecule has 21 heavy (non-hydrogen) atoms. The summed E-state index contributed by atoms with van der Waals surface area (Å²) >= 11 is 0. The molecular weight excluding hydrogens is 270 g/mol. The van der Waals surface area contributed by atoms with Gasteiger partial charge in [0.05, 0.1) is 5.56 Å². The van der Waals surface area contributed by atoms with Crippen LogP contribution in [0.4, 0.5) is 0 Å². The van der Waals surface area contributed by atoms with Crippen molar-refractivity contribution in [1.29, 1.82) is 0 Å². The fourth-order valence-electron chi connectivity index (χ4n) is 1.89. The average Bonchev–Trinajstić information content (AvgIpc) is 2.50. The SMILES string of the molecule is CNC(=O)C=CCNC(=O)c1cc(=O)[nH]c2ccccc12. The van der Waals surface area contributed by atoms with E-state index in [0.29, 0.717) is 16.5 Å². The van der Waals surface area contributed by atoms with Gasteiger partial charge in [0.1, 0.15) is 0 Å². The van der Waals surface area contributed by atoms with Crippen molar-refractivity contribution in [3.05, 3.63) is 58.4 Å². The second-order valence-corrected chi connectivity index (χ2v) is 4.32. The number of fused-ring (bicyclic) bond motifs is 1. The van der Waals surface area contributed by atoms with Gasteiger partial charge in [-0.25, -0.2) is 0 Å². The molecule has 0 atom stereocenters. The van der Waals surface area contributed by atoms with Crippen LogP contribution >= 0.6 is 0 Å². The molecule has 3 N–H and O–H groups in total. The number of carbonyl (C=O) groups excluding carboxylic acids is 2. The number of aromatic nitrogens is 1. The van der Waals surface area contributed by atoms with Crippen LogP contribution in [-0.2, 0) is 4.79 Å². The van der Waals surface area contributed by atoms with E-state index in [1.165, 1.54) is 25.3 Å². The number of H-pyrrole nitrogens is 1. The molecule has 1 heterocycles. The summed E-state index contributed by atoms with van der Waals surface area (Å²) in [5, 5.41) is 5.74. The van der Waals surface area contributed by atoms with Crippen LogP contribution in [0, 0.1) is 0 Å². The maximum absolute atomic E-state index is 12.1. The fraction of sp³-hybridized carbons (Fsp3) is 0.133. The van der Waals surface area contributed by atoms with Gasteiger partial charge in [0.15, 0.2) is 0 Å². The highest BCUT2D eigenvalue weighted by atomic mass is 16.2. The van der Waals surface area contributed by atoms with Crippen LogP contribution in [0.5, 0.6) is 0 Å². The average molecular weight is 285 g/mol. The van der Waals surface area contributed by atoms with E-state index in [1.54, 1.807) is 24.3 Å². The van der Waals surface area contributed by atoms with Crippen molar-refractivity contribution in [2.45, 2.75) is 0 Å². The number of hydrogen-bond acceptors (Lipinski definition) is 3. The van der Waals surface area contributed by atoms with Gasteiger partial charge in [-0.15, -0.1) is 0 Å². The van der Waals surface area contributed by atoms with Crippen molar-refractivity contribution >= 4 is 22.7 Å². The number of para-hydroxylation sites is 1. The molecule has 2 rings (SSSR count). The summed E-state index contributed by atoms with van der Waals surface area (Å²) in [7, 11) is 1.52. The molecule has 2 amide bonds. The molecule has 0 fully saturated rings. The minimum Gasteiger partial charge on any atom is -0.356 e. The molecule has 0 aliphatic carbocycles. The maximum atomic E-state index is 12.1. The monoisotopic (exact) mass is 285 g/mol. The number of benzene rings is 1. The van der Waals surface area contributed by atoms with Gasteiger partial charge in [-0.1, -0.05) is 24.3 Å². The van der Waals surface area contributed by atoms with E-state index in [-0.39, 0.29) is 23.9 Å². The number of aromatic amines is 1. The zero-order valence-electron chi connectivity index (χ0n) is 11.5. The smallest absolute Gasteiger partial charge is 0.252 e. The van der Waals surface area contributed by atoms with E-state index in [9.17, 15) is 14.4 Å². The van der Waals surface area contributed by atoms with Crippen molar-refractivity contribution in [1.82, 2.24) is 15.6 Å². The second-order valence-electron chi connectivity index (χ2n) is 4.32. The molecule has 0 unspecified atom stereocenters. The highest BCUT2D eigenvalue weighted by Crippen LogP contribution is 2.14. The van der Waals surface area contributed by atoms with Gasteiger partial charge >= 0.3 is 0 Å². The van der Waals surface area contributed by atoms with Gasteiger partial charge < -0.3 is 15.6 Å². The predicted octanol–water partition coefficient (Wildman–Crippen LogP) is 0.560. The predicted molar refractivity (Wildman–Crippen MR) is 80.1 cm³/mol. The van der Waals surface area contributed by atoms with Crippen molar-refractivity contribution < 1.29 is 9.59 Å². The molecule has 6 heteroatoms. The van der Waals surface area contributed by atoms with Crippen LogP contribution in [0.15, 0.2) is 47.3 Å². The number of nitrogens with one attached hydrogen (secondary N) is 3. The lowest BCUT2D eigenvalue weighted by Crippen LogP contribution is -2.25. The first-order valence-corrected chi connectivity index (χ1v) is 6.40. The third kappa shape index (κ3) is 3.56. The first-order chi connectivity index (χ1) is 10.1. The van der Waals surface area contributed by atoms with Crippen LogP contribution in [0.2, 0.25) is 0 Å². The summed E-state index contributed by atoms with van der Waals surface area (Å²) in [5.74, 6) is -0.607. The van der Waals surface area contributed by atoms with E-state index in [1.807, 2.05) is 0 Å². The van der Waals surface area contributed by atoms with E-state index < -0.39 is 0 Å². The molecule has 2 aromatic rings. The Hall–Kier alpha value is -2.89. The summed E-state index contributed by atoms with van der Waals surface area (Å²) in [5.41, 5.74) is 0.582. The summed E-state index contributed by atoms with van der Waals surface area (Å²) in [6.07, 6.45) is 2.86. The Morgan fingerprint density at radius 1 is 1.29 bits per heavy atom. The van der Waals surface area contributed by atoms with E-state index >= 15 is 0 Å². The molecule has 1 aromatic heterocycles. The Morgan fingerprint density at radius 3 is 2.81 bits per heavy atom. The first kappa shape index (κ1) is 14.5. The van der Waals surface area contributed by atoms with Crippen LogP contribution in [0.3, 0.4) is 0 Å². The fourth-order valence-corrected chi connectivity index (χ4v) is 1.89. The van der Waals surface area contributed by atoms with Gasteiger partial charge in [0.2, 0.25) is 11.5 Å². The molecule has 0 spiro atoms. The lowest BCUT2D eigenvalue weighted by Gasteiger charge is -2.06. The summed E-state index contributed by atoms with van der Waals surface area (Å²) < 4.78 is 0. The second kappa shape index (κ2) is 6.51. The number of pyridine rings is 1. The number of rotatable bonds is 4. The topological polar surface area (TPSA) is 91.1 Å². The van der Waals surface area contributed by atoms with Crippen LogP contribution in [-0.4, -0.2) is 30.4 Å². The lowest BCUT2D eigenvalue weighted by molar-refractivity contribution is -0.116. The third-order valence-corrected chi connectivity index (χ3v) is 2.89. The quantitative estimate of drug-likeness (QED) is 0.717. The number of likely N-dealkylation sites (N-methyl/N-ethyl adjacent to an activating group) is 1. The van der Waals surface area contributed by atoms with Crippen molar-refractivity contribution in [3.63, 3.8) is 0 Å². The van der Waals surface area contributed by atoms with Gasteiger partial charge in [0.25, 0.3) is 5.91 Å². The number of hydrogen-bond donors (Lipinski definition) is 3. The molecule has 0 aliphatic heterocycles. The highest BCUT2D eigenvalue weighted by molar-refractivity contribution is 6.06. The van der Waals surface area contributed by atoms with Gasteiger partial charge in [-0.3, -0.25) is 14.4 Å². The Labute approximate surface area is 120 Å². The van der Waals surface area contributed by atoms with Gasteiger partial charge in [0, 0.05) is 36.6 Å². The zero-order chi connectivity index (χ0) is 15.2. The summed E-state index contributed by atoms with van der Waals surface area (Å²) in [6.45, 7) is 0.202. The third-order valence-electron chi connectivity index (χ3n) is 2.89. The number of carbonyl (C=O) groups is 2. The molecule has 6 nitrogen and oxygen atoms in total. The van der Waals surface area contributed by atoms with Gasteiger partial charge in [-0.2, -0.15) is 0 Å². The highest BCUT2D eigenvalue weighted by Gasteiger charge is 2.10. The zero-order valence-corrected chi connectivity index (χ0v) is 11.5. The molecule has 0 aliphatic rings. The Balaban J connectivity index is 2.18. The molecule has 0 saturated heterocycles. The van der Waals surface area contributed by atoms with E-state index in [0.717, 1.165) is 0 Å². The molecule has 0 saturated carbocycles. The molecule has 0 bridgehead atoms. The molecule has 0 radical (unpaired) electrons. The van der Waals surface area contributed by atoms with Gasteiger partial charge in [-0.05, 0) is 6.07 Å². The normalized spacial score (nSPS) is 10.7. The maximum Gasteiger partial charge on any atom is 0.252 e. The first-order valence-electron chi connectivity index (χ1n) is 6.40. The minimum atomic E-state index is -0.362. The molecule has 1 aromatic carbocycles. The largest absolute Gasteiger partial charge is 0.356 e. The molecule has 108 valence electrons. The number of amides is 2. The van der Waals surface area contributed by atoms with Crippen molar-refractivity contribution in [2.75, 3.05) is 13.6 Å². The molecular formula is C15H15N3O3. The van der Waals surface area contributed by atoms with Crippen LogP contribution in [0.25, 0.3) is 10.9 Å². The van der Waals surface area contributed by atoms with E-state index in [2.05, 4.69) is 15.6 Å². The summed E-state index contributed by atoms with van der Waals surface area (Å²) in [6, 6.07) is 8.34. The van der Waals surface area contributed by atoms with Crippen LogP contribution < -0.4 is 16.2 Å². The minimum absolute atomic E-state index is 0.202. The summed E-state index contributed by atoms with van der Waals surface area (Å²) in [4.78, 5) is 37.4. The van der Waals surface area contributed by atoms with Crippen molar-refractivity contribution in [2.24, 2.45) is 0 Å². The Kier molecular flexibility index (Phi) is 4.50. The van der Waals surface area contributed by atoms with Crippen molar-refractivity contribution in [3.8, 4) is 0 Å². The Morgan fingerprint density at radius 2 is 2.05 bits per heavy atom. The van der Waals surface area contributed by atoms with E-state index in [4.69, 9.17) is 0 Å². The Bertz CT molecular complexity index is 762. The standard InChI is InChI=1S/C15H15N3O3/c1-16-13(19)7-4-8-17-15(21)11-9-14(20)18-12-6-3-2-5-10(11)12/h2-7,9H,8H2,1H3,(H,16,19)(H,17,21)(H,18,20). The lowest BCUT2D eigenvalue weighted by atomic mass is 10.1. The van der Waals surface area contributed by atoms with Crippen LogP contribution in [0.1, 0.15) is 10.4 Å².